The predicted octanol–water partition coefficient (Wildman–Crippen LogP) is 11.7. The van der Waals surface area contributed by atoms with Crippen LogP contribution in [0.3, 0.4) is 0 Å². The van der Waals surface area contributed by atoms with E-state index >= 15 is 0 Å². The minimum Gasteiger partial charge on any atom is -0.198 e. The van der Waals surface area contributed by atoms with E-state index in [2.05, 4.69) is 12.1 Å². The van der Waals surface area contributed by atoms with Crippen molar-refractivity contribution in [2.24, 2.45) is 10.2 Å². The summed E-state index contributed by atoms with van der Waals surface area (Å²) in [5.41, 5.74) is 0.289. The molecule has 2 aliphatic rings. The molecule has 4 nitrogen and oxygen atoms in total. The van der Waals surface area contributed by atoms with Crippen LogP contribution in [0.15, 0.2) is 10.2 Å². The first-order valence-electron chi connectivity index (χ1n) is 16.9. The largest absolute Gasteiger partial charge is 0.198 e. The van der Waals surface area contributed by atoms with E-state index in [1.807, 2.05) is 0 Å². The Balaban J connectivity index is 1.73. The van der Waals surface area contributed by atoms with Crippen LogP contribution in [0.1, 0.15) is 193 Å². The van der Waals surface area contributed by atoms with Crippen LogP contribution in [0.2, 0.25) is 0 Å². The van der Waals surface area contributed by atoms with Crippen LogP contribution in [0.25, 0.3) is 0 Å². The molecule has 0 bridgehead atoms. The van der Waals surface area contributed by atoms with Crippen molar-refractivity contribution in [1.82, 2.24) is 0 Å². The molecule has 4 heteroatoms. The number of hydrogen-bond donors (Lipinski definition) is 0. The van der Waals surface area contributed by atoms with Crippen molar-refractivity contribution in [2.75, 3.05) is 0 Å². The molecule has 2 aliphatic carbocycles. The van der Waals surface area contributed by atoms with Gasteiger partial charge >= 0.3 is 0 Å². The van der Waals surface area contributed by atoms with Crippen LogP contribution in [0, 0.1) is 22.7 Å². The summed E-state index contributed by atoms with van der Waals surface area (Å²) in [5.74, 6) is 0. The minimum absolute atomic E-state index is 0.144. The Hall–Kier alpha value is -1.42. The average molecular weight is 525 g/mol. The highest BCUT2D eigenvalue weighted by molar-refractivity contribution is 4.94. The SMILES string of the molecule is N#CCCCCCCCCCCC1(N=NC2(CCCCCCCCCCC#N)CCCCC2)CCCCC1. The second-order valence-corrected chi connectivity index (χ2v) is 12.7. The Morgan fingerprint density at radius 3 is 1.00 bits per heavy atom. The molecule has 0 amide bonds. The third-order valence-corrected chi connectivity index (χ3v) is 9.40. The monoisotopic (exact) mass is 524 g/mol. The Morgan fingerprint density at radius 1 is 0.395 bits per heavy atom. The quantitative estimate of drug-likeness (QED) is 0.104. The lowest BCUT2D eigenvalue weighted by Gasteiger charge is -2.37. The Bertz CT molecular complexity index is 616. The normalized spacial score (nSPS) is 18.8. The summed E-state index contributed by atoms with van der Waals surface area (Å²) >= 11 is 0. The topological polar surface area (TPSA) is 72.3 Å². The molecule has 2 saturated carbocycles. The van der Waals surface area contributed by atoms with E-state index in [0.717, 1.165) is 25.7 Å². The fraction of sp³-hybridized carbons (Fsp3) is 0.941. The summed E-state index contributed by atoms with van der Waals surface area (Å²) in [6, 6.07) is 4.51. The van der Waals surface area contributed by atoms with Gasteiger partial charge in [-0.2, -0.15) is 20.8 Å². The number of rotatable bonds is 22. The van der Waals surface area contributed by atoms with E-state index in [9.17, 15) is 0 Å². The third-order valence-electron chi connectivity index (χ3n) is 9.40. The van der Waals surface area contributed by atoms with Crippen LogP contribution >= 0.6 is 0 Å². The van der Waals surface area contributed by atoms with Gasteiger partial charge in [-0.25, -0.2) is 0 Å². The van der Waals surface area contributed by atoms with Crippen molar-refractivity contribution < 1.29 is 0 Å². The van der Waals surface area contributed by atoms with Gasteiger partial charge in [0.1, 0.15) is 0 Å². The zero-order chi connectivity index (χ0) is 27.0. The Labute approximate surface area is 236 Å². The maximum atomic E-state index is 8.65. The first kappa shape index (κ1) is 32.8. The van der Waals surface area contributed by atoms with Gasteiger partial charge in [-0.15, -0.1) is 0 Å². The first-order valence-corrected chi connectivity index (χ1v) is 16.9. The highest BCUT2D eigenvalue weighted by Gasteiger charge is 2.35. The van der Waals surface area contributed by atoms with Gasteiger partial charge in [0.15, 0.2) is 0 Å². The van der Waals surface area contributed by atoms with Gasteiger partial charge in [-0.3, -0.25) is 0 Å². The van der Waals surface area contributed by atoms with Crippen molar-refractivity contribution in [1.29, 1.82) is 10.5 Å². The van der Waals surface area contributed by atoms with Crippen LogP contribution < -0.4 is 0 Å². The van der Waals surface area contributed by atoms with Crippen molar-refractivity contribution in [3.05, 3.63) is 0 Å². The lowest BCUT2D eigenvalue weighted by atomic mass is 9.77. The molecular weight excluding hydrogens is 464 g/mol. The van der Waals surface area contributed by atoms with Crippen molar-refractivity contribution in [3.8, 4) is 12.1 Å². The van der Waals surface area contributed by atoms with E-state index in [-0.39, 0.29) is 11.1 Å². The molecule has 0 aromatic rings. The molecular formula is C34H60N4. The molecule has 0 aromatic heterocycles. The molecule has 2 rings (SSSR count). The highest BCUT2D eigenvalue weighted by atomic mass is 15.2. The molecule has 2 fully saturated rings. The van der Waals surface area contributed by atoms with Gasteiger partial charge in [0.25, 0.3) is 0 Å². The second kappa shape index (κ2) is 21.4. The molecule has 0 heterocycles. The van der Waals surface area contributed by atoms with E-state index < -0.39 is 0 Å². The average Bonchev–Trinajstić information content (AvgIpc) is 2.95. The standard InChI is InChI=1S/C34H60N4/c35-31-23-13-9-5-1-3-7-11-17-25-33(27-19-15-20-28-33)37-38-34(29-21-16-22-30-34)26-18-12-8-4-2-6-10-14-24-32-36/h1-30H2. The summed E-state index contributed by atoms with van der Waals surface area (Å²) in [5, 5.41) is 28.0. The molecule has 0 aromatic carbocycles. The van der Waals surface area contributed by atoms with Crippen LogP contribution in [0.5, 0.6) is 0 Å². The van der Waals surface area contributed by atoms with Gasteiger partial charge in [0.2, 0.25) is 0 Å². The molecule has 216 valence electrons. The van der Waals surface area contributed by atoms with E-state index in [1.54, 1.807) is 0 Å². The molecule has 0 saturated heterocycles. The Kier molecular flexibility index (Phi) is 18.5. The van der Waals surface area contributed by atoms with Gasteiger partial charge in [0.05, 0.1) is 23.2 Å². The fourth-order valence-corrected chi connectivity index (χ4v) is 6.87. The zero-order valence-electron chi connectivity index (χ0n) is 25.0. The van der Waals surface area contributed by atoms with Crippen molar-refractivity contribution in [3.63, 3.8) is 0 Å². The summed E-state index contributed by atoms with van der Waals surface area (Å²) in [7, 11) is 0. The zero-order valence-corrected chi connectivity index (χ0v) is 25.0. The van der Waals surface area contributed by atoms with E-state index in [0.29, 0.717) is 0 Å². The number of azo groups is 1. The molecule has 0 aliphatic heterocycles. The molecule has 0 N–H and O–H groups in total. The molecule has 0 spiro atoms. The minimum atomic E-state index is 0.144. The third kappa shape index (κ3) is 14.7. The molecule has 0 radical (unpaired) electrons. The highest BCUT2D eigenvalue weighted by Crippen LogP contribution is 2.41. The summed E-state index contributed by atoms with van der Waals surface area (Å²) in [6.45, 7) is 0. The second-order valence-electron chi connectivity index (χ2n) is 12.7. The smallest absolute Gasteiger partial charge is 0.0816 e. The number of nitriles is 2. The van der Waals surface area contributed by atoms with Crippen LogP contribution in [0.4, 0.5) is 0 Å². The summed E-state index contributed by atoms with van der Waals surface area (Å²) in [4.78, 5) is 0. The van der Waals surface area contributed by atoms with Crippen LogP contribution in [-0.2, 0) is 0 Å². The lowest BCUT2D eigenvalue weighted by Crippen LogP contribution is -2.33. The lowest BCUT2D eigenvalue weighted by molar-refractivity contribution is 0.216. The number of unbranched alkanes of at least 4 members (excludes halogenated alkanes) is 16. The van der Waals surface area contributed by atoms with Gasteiger partial charge in [0, 0.05) is 12.8 Å². The van der Waals surface area contributed by atoms with Gasteiger partial charge in [-0.05, 0) is 51.4 Å². The molecule has 0 atom stereocenters. The fourth-order valence-electron chi connectivity index (χ4n) is 6.87. The number of nitrogens with zero attached hydrogens (tertiary/aromatic N) is 4. The molecule has 38 heavy (non-hydrogen) atoms. The predicted molar refractivity (Wildman–Crippen MR) is 160 cm³/mol. The van der Waals surface area contributed by atoms with Crippen molar-refractivity contribution in [2.45, 2.75) is 204 Å². The first-order chi connectivity index (χ1) is 18.7. The van der Waals surface area contributed by atoms with E-state index in [4.69, 9.17) is 20.8 Å². The Morgan fingerprint density at radius 2 is 0.684 bits per heavy atom. The maximum absolute atomic E-state index is 8.65. The van der Waals surface area contributed by atoms with E-state index in [1.165, 1.54) is 167 Å². The van der Waals surface area contributed by atoms with Crippen molar-refractivity contribution >= 4 is 0 Å². The maximum Gasteiger partial charge on any atom is 0.0816 e. The number of hydrogen-bond acceptors (Lipinski definition) is 4. The summed E-state index contributed by atoms with van der Waals surface area (Å²) < 4.78 is 0. The van der Waals surface area contributed by atoms with Gasteiger partial charge in [-0.1, -0.05) is 128 Å². The van der Waals surface area contributed by atoms with Gasteiger partial charge < -0.3 is 0 Å². The summed E-state index contributed by atoms with van der Waals surface area (Å²) in [6.07, 6.45) is 37.7. The molecule has 0 unspecified atom stereocenters. The van der Waals surface area contributed by atoms with Crippen LogP contribution in [-0.4, -0.2) is 11.1 Å².